The Balaban J connectivity index is 4.12. The molecule has 0 radical (unpaired) electrons. The molecule has 2 N–H and O–H groups in total. The molecule has 0 heterocycles. The minimum absolute atomic E-state index is 0.0708. The summed E-state index contributed by atoms with van der Waals surface area (Å²) in [5.41, 5.74) is 0.0708. The summed E-state index contributed by atoms with van der Waals surface area (Å²) < 4.78 is 0. The second kappa shape index (κ2) is 9.37. The summed E-state index contributed by atoms with van der Waals surface area (Å²) >= 11 is 0. The molecule has 0 bridgehead atoms. The van der Waals surface area contributed by atoms with Crippen molar-refractivity contribution >= 4 is 5.91 Å². The SMILES string of the molecule is CCCC(CCC)C(=O)NCC(C)(C)CCCO. The highest BCUT2D eigenvalue weighted by atomic mass is 16.2. The van der Waals surface area contributed by atoms with E-state index in [-0.39, 0.29) is 23.8 Å². The van der Waals surface area contributed by atoms with Crippen LogP contribution in [-0.4, -0.2) is 24.2 Å². The standard InChI is InChI=1S/C15H31NO2/c1-5-8-13(9-6-2)14(18)16-12-15(3,4)10-7-11-17/h13,17H,5-12H2,1-4H3,(H,16,18). The van der Waals surface area contributed by atoms with Crippen molar-refractivity contribution in [3.05, 3.63) is 0 Å². The summed E-state index contributed by atoms with van der Waals surface area (Å²) in [5, 5.41) is 11.9. The second-order valence-electron chi connectivity index (χ2n) is 5.98. The van der Waals surface area contributed by atoms with Crippen LogP contribution in [0.5, 0.6) is 0 Å². The number of aliphatic hydroxyl groups is 1. The Morgan fingerprint density at radius 3 is 2.22 bits per heavy atom. The van der Waals surface area contributed by atoms with Gasteiger partial charge in [0, 0.05) is 19.1 Å². The van der Waals surface area contributed by atoms with Gasteiger partial charge in [-0.2, -0.15) is 0 Å². The van der Waals surface area contributed by atoms with Gasteiger partial charge in [-0.1, -0.05) is 40.5 Å². The van der Waals surface area contributed by atoms with Crippen LogP contribution < -0.4 is 5.32 Å². The average Bonchev–Trinajstić information content (AvgIpc) is 2.33. The second-order valence-corrected chi connectivity index (χ2v) is 5.98. The maximum atomic E-state index is 12.1. The molecule has 0 aliphatic heterocycles. The lowest BCUT2D eigenvalue weighted by Gasteiger charge is -2.26. The Kier molecular flexibility index (Phi) is 9.08. The topological polar surface area (TPSA) is 49.3 Å². The quantitative estimate of drug-likeness (QED) is 0.632. The van der Waals surface area contributed by atoms with Gasteiger partial charge in [-0.05, 0) is 31.1 Å². The van der Waals surface area contributed by atoms with E-state index >= 15 is 0 Å². The molecule has 0 aromatic rings. The van der Waals surface area contributed by atoms with Gasteiger partial charge in [0.05, 0.1) is 0 Å². The van der Waals surface area contributed by atoms with Crippen LogP contribution >= 0.6 is 0 Å². The van der Waals surface area contributed by atoms with Crippen molar-refractivity contribution in [1.82, 2.24) is 5.32 Å². The normalized spacial score (nSPS) is 11.9. The van der Waals surface area contributed by atoms with E-state index in [2.05, 4.69) is 33.0 Å². The molecule has 0 saturated heterocycles. The first kappa shape index (κ1) is 17.4. The molecule has 18 heavy (non-hydrogen) atoms. The molecule has 3 heteroatoms. The number of aliphatic hydroxyl groups excluding tert-OH is 1. The van der Waals surface area contributed by atoms with Gasteiger partial charge in [0.1, 0.15) is 0 Å². The van der Waals surface area contributed by atoms with Crippen molar-refractivity contribution in [3.8, 4) is 0 Å². The van der Waals surface area contributed by atoms with E-state index in [4.69, 9.17) is 5.11 Å². The Morgan fingerprint density at radius 1 is 1.22 bits per heavy atom. The molecule has 0 rings (SSSR count). The van der Waals surface area contributed by atoms with Gasteiger partial charge in [-0.25, -0.2) is 0 Å². The number of carbonyl (C=O) groups is 1. The van der Waals surface area contributed by atoms with Crippen molar-refractivity contribution in [1.29, 1.82) is 0 Å². The highest BCUT2D eigenvalue weighted by Gasteiger charge is 2.21. The van der Waals surface area contributed by atoms with Gasteiger partial charge < -0.3 is 10.4 Å². The van der Waals surface area contributed by atoms with Crippen molar-refractivity contribution < 1.29 is 9.90 Å². The highest BCUT2D eigenvalue weighted by Crippen LogP contribution is 2.21. The third-order valence-corrected chi connectivity index (χ3v) is 3.40. The Morgan fingerprint density at radius 2 is 1.78 bits per heavy atom. The maximum Gasteiger partial charge on any atom is 0.223 e. The van der Waals surface area contributed by atoms with Gasteiger partial charge in [-0.15, -0.1) is 0 Å². The van der Waals surface area contributed by atoms with Crippen molar-refractivity contribution in [3.63, 3.8) is 0 Å². The number of hydrogen-bond donors (Lipinski definition) is 2. The summed E-state index contributed by atoms with van der Waals surface area (Å²) in [6, 6.07) is 0. The smallest absolute Gasteiger partial charge is 0.223 e. The number of rotatable bonds is 10. The Labute approximate surface area is 112 Å². The zero-order valence-electron chi connectivity index (χ0n) is 12.6. The van der Waals surface area contributed by atoms with Gasteiger partial charge in [0.15, 0.2) is 0 Å². The molecule has 0 aromatic heterocycles. The van der Waals surface area contributed by atoms with Gasteiger partial charge in [0.25, 0.3) is 0 Å². The monoisotopic (exact) mass is 257 g/mol. The Bertz CT molecular complexity index is 221. The first-order valence-electron chi connectivity index (χ1n) is 7.35. The zero-order chi connectivity index (χ0) is 14.0. The van der Waals surface area contributed by atoms with Crippen LogP contribution in [0, 0.1) is 11.3 Å². The van der Waals surface area contributed by atoms with E-state index in [0.717, 1.165) is 38.5 Å². The van der Waals surface area contributed by atoms with Gasteiger partial charge >= 0.3 is 0 Å². The van der Waals surface area contributed by atoms with Crippen LogP contribution in [0.25, 0.3) is 0 Å². The molecule has 0 atom stereocenters. The highest BCUT2D eigenvalue weighted by molar-refractivity contribution is 5.78. The van der Waals surface area contributed by atoms with E-state index in [1.165, 1.54) is 0 Å². The largest absolute Gasteiger partial charge is 0.396 e. The lowest BCUT2D eigenvalue weighted by atomic mass is 9.87. The van der Waals surface area contributed by atoms with E-state index in [0.29, 0.717) is 6.54 Å². The molecular formula is C15H31NO2. The third-order valence-electron chi connectivity index (χ3n) is 3.40. The molecule has 108 valence electrons. The molecule has 0 fully saturated rings. The lowest BCUT2D eigenvalue weighted by molar-refractivity contribution is -0.125. The maximum absolute atomic E-state index is 12.1. The van der Waals surface area contributed by atoms with Gasteiger partial charge in [-0.3, -0.25) is 4.79 Å². The predicted octanol–water partition coefficient (Wildman–Crippen LogP) is 3.12. The molecule has 3 nitrogen and oxygen atoms in total. The van der Waals surface area contributed by atoms with Crippen LogP contribution in [0.4, 0.5) is 0 Å². The fraction of sp³-hybridized carbons (Fsp3) is 0.933. The molecule has 0 aliphatic rings. The Hall–Kier alpha value is -0.570. The number of amides is 1. The first-order valence-corrected chi connectivity index (χ1v) is 7.35. The molecule has 0 spiro atoms. The lowest BCUT2D eigenvalue weighted by Crippen LogP contribution is -2.37. The fourth-order valence-corrected chi connectivity index (χ4v) is 2.22. The van der Waals surface area contributed by atoms with Crippen LogP contribution in [0.1, 0.15) is 66.2 Å². The van der Waals surface area contributed by atoms with Crippen molar-refractivity contribution in [2.24, 2.45) is 11.3 Å². The first-order chi connectivity index (χ1) is 8.46. The van der Waals surface area contributed by atoms with Crippen LogP contribution in [-0.2, 0) is 4.79 Å². The number of hydrogen-bond acceptors (Lipinski definition) is 2. The van der Waals surface area contributed by atoms with Crippen LogP contribution in [0.15, 0.2) is 0 Å². The van der Waals surface area contributed by atoms with Crippen molar-refractivity contribution in [2.45, 2.75) is 66.2 Å². The van der Waals surface area contributed by atoms with Crippen molar-refractivity contribution in [2.75, 3.05) is 13.2 Å². The van der Waals surface area contributed by atoms with E-state index in [9.17, 15) is 4.79 Å². The summed E-state index contributed by atoms with van der Waals surface area (Å²) in [6.45, 7) is 9.46. The predicted molar refractivity (Wildman–Crippen MR) is 76.4 cm³/mol. The summed E-state index contributed by atoms with van der Waals surface area (Å²) in [6.07, 6.45) is 5.83. The summed E-state index contributed by atoms with van der Waals surface area (Å²) in [4.78, 5) is 12.1. The average molecular weight is 257 g/mol. The molecular weight excluding hydrogens is 226 g/mol. The van der Waals surface area contributed by atoms with E-state index in [1.54, 1.807) is 0 Å². The van der Waals surface area contributed by atoms with Gasteiger partial charge in [0.2, 0.25) is 5.91 Å². The van der Waals surface area contributed by atoms with Crippen LogP contribution in [0.3, 0.4) is 0 Å². The molecule has 0 saturated carbocycles. The fourth-order valence-electron chi connectivity index (χ4n) is 2.22. The third kappa shape index (κ3) is 7.70. The molecule has 0 aliphatic carbocycles. The minimum atomic E-state index is 0.0708. The number of carbonyl (C=O) groups excluding carboxylic acids is 1. The zero-order valence-corrected chi connectivity index (χ0v) is 12.6. The minimum Gasteiger partial charge on any atom is -0.396 e. The summed E-state index contributed by atoms with van der Waals surface area (Å²) in [5.74, 6) is 0.379. The summed E-state index contributed by atoms with van der Waals surface area (Å²) in [7, 11) is 0. The number of nitrogens with one attached hydrogen (secondary N) is 1. The van der Waals surface area contributed by atoms with Crippen LogP contribution in [0.2, 0.25) is 0 Å². The molecule has 1 amide bonds. The van der Waals surface area contributed by atoms with E-state index in [1.807, 2.05) is 0 Å². The molecule has 0 aromatic carbocycles. The van der Waals surface area contributed by atoms with E-state index < -0.39 is 0 Å². The molecule has 0 unspecified atom stereocenters.